The Morgan fingerprint density at radius 1 is 1.17 bits per heavy atom. The molecule has 3 heterocycles. The largest absolute Gasteiger partial charge is 0.444 e. The normalized spacial score (nSPS) is 16.6. The Morgan fingerprint density at radius 2 is 1.80 bits per heavy atom. The molecule has 1 N–H and O–H groups in total. The Labute approximate surface area is 186 Å². The van der Waals surface area contributed by atoms with Crippen LogP contribution in [0.4, 0.5) is 4.79 Å². The number of hydrogen-bond acceptors (Lipinski definition) is 8. The maximum atomic E-state index is 12.1. The lowest BCUT2D eigenvalue weighted by Gasteiger charge is -2.33. The van der Waals surface area contributed by atoms with Crippen LogP contribution in [-0.2, 0) is 23.4 Å². The van der Waals surface area contributed by atoms with Crippen molar-refractivity contribution < 1.29 is 14.1 Å². The molecule has 1 saturated heterocycles. The van der Waals surface area contributed by atoms with E-state index in [0.29, 0.717) is 18.3 Å². The van der Waals surface area contributed by atoms with Gasteiger partial charge >= 0.3 is 6.09 Å². The molecule has 0 radical (unpaired) electrons. The molecule has 0 bridgehead atoms. The van der Waals surface area contributed by atoms with Crippen LogP contribution in [0.15, 0.2) is 16.7 Å². The molecule has 0 atom stereocenters. The summed E-state index contributed by atoms with van der Waals surface area (Å²) in [5.41, 5.74) is -1.37. The van der Waals surface area contributed by atoms with Crippen LogP contribution in [0.1, 0.15) is 51.2 Å². The minimum Gasteiger partial charge on any atom is -0.444 e. The minimum absolute atomic E-state index is 0.427. The van der Waals surface area contributed by atoms with Gasteiger partial charge in [0.1, 0.15) is 11.1 Å². The van der Waals surface area contributed by atoms with E-state index in [1.165, 1.54) is 4.88 Å². The van der Waals surface area contributed by atoms with Gasteiger partial charge in [-0.15, -0.1) is 11.3 Å². The lowest BCUT2D eigenvalue weighted by Crippen LogP contribution is -2.45. The van der Waals surface area contributed by atoms with E-state index in [-0.39, 0.29) is 0 Å². The van der Waals surface area contributed by atoms with Crippen molar-refractivity contribution in [3.8, 4) is 0 Å². The van der Waals surface area contributed by atoms with Gasteiger partial charge in [-0.1, -0.05) is 16.8 Å². The Morgan fingerprint density at radius 3 is 2.37 bits per heavy atom. The molecule has 10 heteroatoms. The zero-order chi connectivity index (χ0) is 21.9. The Balaban J connectivity index is 1.49. The SMILES string of the molecule is CC(C)(C)OC(=O)NC(C)(C)c1noc(CN2CCN(Cc3ccc(Cl)s3)CC2)n1. The minimum atomic E-state index is -0.801. The summed E-state index contributed by atoms with van der Waals surface area (Å²) in [7, 11) is 0. The van der Waals surface area contributed by atoms with Crippen LogP contribution < -0.4 is 5.32 Å². The van der Waals surface area contributed by atoms with Crippen molar-refractivity contribution in [2.45, 2.75) is 58.8 Å². The average Bonchev–Trinajstić information content (AvgIpc) is 3.24. The van der Waals surface area contributed by atoms with Gasteiger partial charge in [0, 0.05) is 37.6 Å². The number of carbonyl (C=O) groups excluding carboxylic acids is 1. The van der Waals surface area contributed by atoms with Gasteiger partial charge in [-0.3, -0.25) is 9.80 Å². The van der Waals surface area contributed by atoms with Crippen molar-refractivity contribution in [1.29, 1.82) is 0 Å². The number of ether oxygens (including phenoxy) is 1. The number of alkyl carbamates (subject to hydrolysis) is 1. The molecule has 30 heavy (non-hydrogen) atoms. The Kier molecular flexibility index (Phi) is 7.06. The molecule has 0 saturated carbocycles. The standard InChI is InChI=1S/C20H30ClN5O3S/c1-19(2,3)28-18(27)23-20(4,5)17-22-16(29-24-17)13-26-10-8-25(9-11-26)12-14-6-7-15(21)30-14/h6-7H,8-13H2,1-5H3,(H,23,27). The quantitative estimate of drug-likeness (QED) is 0.707. The van der Waals surface area contributed by atoms with E-state index in [1.54, 1.807) is 11.3 Å². The summed E-state index contributed by atoms with van der Waals surface area (Å²) < 4.78 is 11.6. The fourth-order valence-electron chi connectivity index (χ4n) is 3.14. The molecule has 166 valence electrons. The smallest absolute Gasteiger partial charge is 0.408 e. The number of thiophene rings is 1. The fourth-order valence-corrected chi connectivity index (χ4v) is 4.27. The number of nitrogens with one attached hydrogen (secondary N) is 1. The van der Waals surface area contributed by atoms with Gasteiger partial charge < -0.3 is 14.6 Å². The molecule has 0 aliphatic carbocycles. The van der Waals surface area contributed by atoms with E-state index in [4.69, 9.17) is 20.9 Å². The average molecular weight is 456 g/mol. The summed E-state index contributed by atoms with van der Waals surface area (Å²) >= 11 is 7.65. The number of nitrogens with zero attached hydrogens (tertiary/aromatic N) is 4. The van der Waals surface area contributed by atoms with Gasteiger partial charge in [0.2, 0.25) is 5.89 Å². The van der Waals surface area contributed by atoms with Crippen molar-refractivity contribution in [3.63, 3.8) is 0 Å². The monoisotopic (exact) mass is 455 g/mol. The highest BCUT2D eigenvalue weighted by molar-refractivity contribution is 7.16. The molecule has 8 nitrogen and oxygen atoms in total. The molecule has 1 aliphatic heterocycles. The van der Waals surface area contributed by atoms with E-state index in [1.807, 2.05) is 40.7 Å². The number of halogens is 1. The maximum Gasteiger partial charge on any atom is 0.408 e. The molecule has 0 aromatic carbocycles. The molecule has 0 unspecified atom stereocenters. The lowest BCUT2D eigenvalue weighted by atomic mass is 10.1. The fraction of sp³-hybridized carbons (Fsp3) is 0.650. The number of hydrogen-bond donors (Lipinski definition) is 1. The number of piperazine rings is 1. The molecule has 0 spiro atoms. The molecule has 1 amide bonds. The van der Waals surface area contributed by atoms with Crippen LogP contribution in [-0.4, -0.2) is 57.8 Å². The van der Waals surface area contributed by atoms with Crippen LogP contribution in [0.2, 0.25) is 4.34 Å². The zero-order valence-electron chi connectivity index (χ0n) is 18.2. The zero-order valence-corrected chi connectivity index (χ0v) is 19.8. The van der Waals surface area contributed by atoms with E-state index < -0.39 is 17.2 Å². The molecule has 3 rings (SSSR count). The summed E-state index contributed by atoms with van der Waals surface area (Å²) in [5, 5.41) is 6.87. The van der Waals surface area contributed by atoms with Gasteiger partial charge in [0.15, 0.2) is 5.82 Å². The predicted molar refractivity (Wildman–Crippen MR) is 117 cm³/mol. The van der Waals surface area contributed by atoms with Crippen molar-refractivity contribution in [2.75, 3.05) is 26.2 Å². The number of aromatic nitrogens is 2. The molecule has 2 aromatic rings. The summed E-state index contributed by atoms with van der Waals surface area (Å²) in [6.07, 6.45) is -0.512. The van der Waals surface area contributed by atoms with Crippen molar-refractivity contribution in [3.05, 3.63) is 33.1 Å². The second-order valence-corrected chi connectivity index (χ2v) is 10.8. The second kappa shape index (κ2) is 9.21. The van der Waals surface area contributed by atoms with Gasteiger partial charge in [-0.2, -0.15) is 4.98 Å². The summed E-state index contributed by atoms with van der Waals surface area (Å²) in [4.78, 5) is 22.6. The molecule has 1 aliphatic rings. The van der Waals surface area contributed by atoms with Crippen LogP contribution in [0.3, 0.4) is 0 Å². The van der Waals surface area contributed by atoms with Gasteiger partial charge in [0.05, 0.1) is 10.9 Å². The summed E-state index contributed by atoms with van der Waals surface area (Å²) in [6.45, 7) is 14.4. The van der Waals surface area contributed by atoms with E-state index >= 15 is 0 Å². The molecular weight excluding hydrogens is 426 g/mol. The number of amides is 1. The highest BCUT2D eigenvalue weighted by Crippen LogP contribution is 2.23. The van der Waals surface area contributed by atoms with Gasteiger partial charge in [0.25, 0.3) is 0 Å². The Bertz CT molecular complexity index is 853. The Hall–Kier alpha value is -1.68. The van der Waals surface area contributed by atoms with Crippen LogP contribution in [0.5, 0.6) is 0 Å². The van der Waals surface area contributed by atoms with E-state index in [9.17, 15) is 4.79 Å². The predicted octanol–water partition coefficient (Wildman–Crippen LogP) is 3.86. The third-order valence-electron chi connectivity index (χ3n) is 4.67. The summed E-state index contributed by atoms with van der Waals surface area (Å²) in [5.74, 6) is 0.971. The molecule has 2 aromatic heterocycles. The van der Waals surface area contributed by atoms with Crippen LogP contribution in [0, 0.1) is 0 Å². The first kappa shape index (κ1) is 23.0. The first-order valence-corrected chi connectivity index (χ1v) is 11.2. The van der Waals surface area contributed by atoms with Gasteiger partial charge in [-0.05, 0) is 46.8 Å². The van der Waals surface area contributed by atoms with E-state index in [0.717, 1.165) is 37.1 Å². The number of rotatable bonds is 6. The highest BCUT2D eigenvalue weighted by atomic mass is 35.5. The first-order chi connectivity index (χ1) is 14.0. The highest BCUT2D eigenvalue weighted by Gasteiger charge is 2.31. The van der Waals surface area contributed by atoms with Crippen molar-refractivity contribution >= 4 is 29.0 Å². The van der Waals surface area contributed by atoms with Crippen LogP contribution in [0.25, 0.3) is 0 Å². The van der Waals surface area contributed by atoms with Crippen molar-refractivity contribution in [1.82, 2.24) is 25.3 Å². The number of carbonyl (C=O) groups is 1. The van der Waals surface area contributed by atoms with Gasteiger partial charge in [-0.25, -0.2) is 4.79 Å². The molecular formula is C20H30ClN5O3S. The second-order valence-electron chi connectivity index (χ2n) is 9.02. The topological polar surface area (TPSA) is 83.7 Å². The summed E-state index contributed by atoms with van der Waals surface area (Å²) in [6, 6.07) is 4.04. The van der Waals surface area contributed by atoms with Crippen LogP contribution >= 0.6 is 22.9 Å². The van der Waals surface area contributed by atoms with Crippen molar-refractivity contribution in [2.24, 2.45) is 0 Å². The van der Waals surface area contributed by atoms with E-state index in [2.05, 4.69) is 31.3 Å². The lowest BCUT2D eigenvalue weighted by molar-refractivity contribution is 0.0465. The third kappa shape index (κ3) is 6.66. The first-order valence-electron chi connectivity index (χ1n) is 10.0. The molecule has 1 fully saturated rings. The third-order valence-corrected chi connectivity index (χ3v) is 5.89. The maximum absolute atomic E-state index is 12.1.